The number of rotatable bonds is 7. The van der Waals surface area contributed by atoms with E-state index in [4.69, 9.17) is 14.7 Å². The lowest BCUT2D eigenvalue weighted by atomic mass is 9.87. The van der Waals surface area contributed by atoms with Gasteiger partial charge in [-0.05, 0) is 41.7 Å². The Morgan fingerprint density at radius 3 is 2.57 bits per heavy atom. The SMILES string of the molecule is COc1cc(C#N)ccc1OCCCC(=O)Nc1cc(C(C)(C)C)ccc1O. The topological polar surface area (TPSA) is 91.6 Å². The van der Waals surface area contributed by atoms with Crippen LogP contribution in [-0.2, 0) is 10.2 Å². The van der Waals surface area contributed by atoms with Crippen molar-refractivity contribution in [1.29, 1.82) is 5.26 Å². The summed E-state index contributed by atoms with van der Waals surface area (Å²) in [6.45, 7) is 6.53. The van der Waals surface area contributed by atoms with E-state index in [9.17, 15) is 9.90 Å². The van der Waals surface area contributed by atoms with E-state index >= 15 is 0 Å². The number of nitrogens with one attached hydrogen (secondary N) is 1. The van der Waals surface area contributed by atoms with Crippen LogP contribution in [0.5, 0.6) is 17.2 Å². The van der Waals surface area contributed by atoms with E-state index in [1.807, 2.05) is 12.1 Å². The minimum atomic E-state index is -0.197. The summed E-state index contributed by atoms with van der Waals surface area (Å²) < 4.78 is 10.9. The van der Waals surface area contributed by atoms with Gasteiger partial charge in [-0.2, -0.15) is 5.26 Å². The van der Waals surface area contributed by atoms with Crippen molar-refractivity contribution in [1.82, 2.24) is 0 Å². The number of methoxy groups -OCH3 is 1. The molecule has 2 N–H and O–H groups in total. The number of phenols is 1. The lowest BCUT2D eigenvalue weighted by Gasteiger charge is -2.20. The number of phenolic OH excluding ortho intramolecular Hbond substituents is 1. The van der Waals surface area contributed by atoms with Gasteiger partial charge in [0.15, 0.2) is 11.5 Å². The Labute approximate surface area is 165 Å². The zero-order valence-corrected chi connectivity index (χ0v) is 16.7. The molecule has 0 aliphatic rings. The smallest absolute Gasteiger partial charge is 0.224 e. The van der Waals surface area contributed by atoms with Crippen LogP contribution in [0.3, 0.4) is 0 Å². The van der Waals surface area contributed by atoms with E-state index in [0.717, 1.165) is 5.56 Å². The van der Waals surface area contributed by atoms with E-state index in [1.54, 1.807) is 30.3 Å². The molecule has 0 heterocycles. The van der Waals surface area contributed by atoms with Crippen molar-refractivity contribution < 1.29 is 19.4 Å². The van der Waals surface area contributed by atoms with Crippen LogP contribution in [0.25, 0.3) is 0 Å². The van der Waals surface area contributed by atoms with Crippen molar-refractivity contribution in [2.45, 2.75) is 39.0 Å². The molecule has 148 valence electrons. The van der Waals surface area contributed by atoms with Gasteiger partial charge in [0.25, 0.3) is 0 Å². The quantitative estimate of drug-likeness (QED) is 0.548. The molecule has 6 heteroatoms. The molecule has 1 amide bonds. The number of benzene rings is 2. The molecule has 0 fully saturated rings. The van der Waals surface area contributed by atoms with Crippen LogP contribution in [0.4, 0.5) is 5.69 Å². The first-order chi connectivity index (χ1) is 13.2. The first kappa shape index (κ1) is 21.1. The highest BCUT2D eigenvalue weighted by atomic mass is 16.5. The van der Waals surface area contributed by atoms with E-state index < -0.39 is 0 Å². The Balaban J connectivity index is 1.88. The fourth-order valence-corrected chi connectivity index (χ4v) is 2.59. The number of nitriles is 1. The number of nitrogens with zero attached hydrogens (tertiary/aromatic N) is 1. The summed E-state index contributed by atoms with van der Waals surface area (Å²) in [5.74, 6) is 0.849. The highest BCUT2D eigenvalue weighted by Crippen LogP contribution is 2.31. The van der Waals surface area contributed by atoms with Gasteiger partial charge in [-0.3, -0.25) is 4.79 Å². The molecule has 0 unspecified atom stereocenters. The van der Waals surface area contributed by atoms with Gasteiger partial charge in [-0.15, -0.1) is 0 Å². The number of carbonyl (C=O) groups is 1. The predicted molar refractivity (Wildman–Crippen MR) is 108 cm³/mol. The first-order valence-corrected chi connectivity index (χ1v) is 9.09. The average Bonchev–Trinajstić information content (AvgIpc) is 2.66. The van der Waals surface area contributed by atoms with Gasteiger partial charge in [-0.25, -0.2) is 0 Å². The molecule has 0 spiro atoms. The molecule has 6 nitrogen and oxygen atoms in total. The summed E-state index contributed by atoms with van der Waals surface area (Å²) >= 11 is 0. The van der Waals surface area contributed by atoms with Gasteiger partial charge >= 0.3 is 0 Å². The van der Waals surface area contributed by atoms with Crippen LogP contribution in [0.15, 0.2) is 36.4 Å². The summed E-state index contributed by atoms with van der Waals surface area (Å²) in [7, 11) is 1.51. The highest BCUT2D eigenvalue weighted by Gasteiger charge is 2.16. The molecular formula is C22H26N2O4. The number of ether oxygens (including phenoxy) is 2. The number of hydrogen-bond acceptors (Lipinski definition) is 5. The zero-order chi connectivity index (χ0) is 20.7. The number of amides is 1. The monoisotopic (exact) mass is 382 g/mol. The third-order valence-electron chi connectivity index (χ3n) is 4.24. The van der Waals surface area contributed by atoms with Gasteiger partial charge in [0.2, 0.25) is 5.91 Å². The molecule has 0 saturated heterocycles. The Morgan fingerprint density at radius 2 is 1.93 bits per heavy atom. The summed E-state index contributed by atoms with van der Waals surface area (Å²) in [6, 6.07) is 12.2. The van der Waals surface area contributed by atoms with Crippen LogP contribution < -0.4 is 14.8 Å². The number of aromatic hydroxyl groups is 1. The lowest BCUT2D eigenvalue weighted by Crippen LogP contribution is -2.15. The Bertz CT molecular complexity index is 879. The maximum atomic E-state index is 12.2. The average molecular weight is 382 g/mol. The summed E-state index contributed by atoms with van der Waals surface area (Å²) in [5, 5.41) is 21.7. The normalized spacial score (nSPS) is 10.8. The second kappa shape index (κ2) is 9.14. The summed E-state index contributed by atoms with van der Waals surface area (Å²) in [6.07, 6.45) is 0.743. The molecule has 0 saturated carbocycles. The van der Waals surface area contributed by atoms with Gasteiger partial charge in [0, 0.05) is 12.5 Å². The van der Waals surface area contributed by atoms with Gasteiger partial charge in [0.05, 0.1) is 31.0 Å². The second-order valence-electron chi connectivity index (χ2n) is 7.46. The molecule has 0 aliphatic carbocycles. The molecule has 0 aliphatic heterocycles. The standard InChI is InChI=1S/C22H26N2O4/c1-22(2,3)16-8-9-18(25)17(13-16)24-21(26)6-5-11-28-19-10-7-15(14-23)12-20(19)27-4/h7-10,12-13,25H,5-6,11H2,1-4H3,(H,24,26). The maximum absolute atomic E-state index is 12.2. The number of carbonyl (C=O) groups excluding carboxylic acids is 1. The molecular weight excluding hydrogens is 356 g/mol. The highest BCUT2D eigenvalue weighted by molar-refractivity contribution is 5.92. The van der Waals surface area contributed by atoms with E-state index in [-0.39, 0.29) is 23.5 Å². The van der Waals surface area contributed by atoms with Crippen molar-refractivity contribution >= 4 is 11.6 Å². The van der Waals surface area contributed by atoms with Crippen molar-refractivity contribution in [3.63, 3.8) is 0 Å². The van der Waals surface area contributed by atoms with Crippen molar-refractivity contribution in [2.75, 3.05) is 19.0 Å². The van der Waals surface area contributed by atoms with Crippen LogP contribution >= 0.6 is 0 Å². The minimum Gasteiger partial charge on any atom is -0.506 e. The van der Waals surface area contributed by atoms with E-state index in [2.05, 4.69) is 26.1 Å². The Kier molecular flexibility index (Phi) is 6.89. The molecule has 2 aromatic rings. The van der Waals surface area contributed by atoms with Gasteiger partial charge in [0.1, 0.15) is 5.75 Å². The van der Waals surface area contributed by atoms with Crippen molar-refractivity contribution in [3.8, 4) is 23.3 Å². The maximum Gasteiger partial charge on any atom is 0.224 e. The minimum absolute atomic E-state index is 0.0416. The van der Waals surface area contributed by atoms with Crippen LogP contribution in [-0.4, -0.2) is 24.7 Å². The second-order valence-corrected chi connectivity index (χ2v) is 7.46. The van der Waals surface area contributed by atoms with E-state index in [0.29, 0.717) is 35.8 Å². The fourth-order valence-electron chi connectivity index (χ4n) is 2.59. The Hall–Kier alpha value is -3.20. The lowest BCUT2D eigenvalue weighted by molar-refractivity contribution is -0.116. The summed E-state index contributed by atoms with van der Waals surface area (Å²) in [4.78, 5) is 12.2. The third kappa shape index (κ3) is 5.65. The first-order valence-electron chi connectivity index (χ1n) is 9.09. The van der Waals surface area contributed by atoms with E-state index in [1.165, 1.54) is 7.11 Å². The molecule has 0 radical (unpaired) electrons. The van der Waals surface area contributed by atoms with Crippen LogP contribution in [0, 0.1) is 11.3 Å². The third-order valence-corrected chi connectivity index (χ3v) is 4.24. The Morgan fingerprint density at radius 1 is 1.18 bits per heavy atom. The fraction of sp³-hybridized carbons (Fsp3) is 0.364. The molecule has 2 aromatic carbocycles. The summed E-state index contributed by atoms with van der Waals surface area (Å²) in [5.41, 5.74) is 1.84. The van der Waals surface area contributed by atoms with Crippen LogP contribution in [0.1, 0.15) is 44.7 Å². The van der Waals surface area contributed by atoms with Crippen molar-refractivity contribution in [3.05, 3.63) is 47.5 Å². The van der Waals surface area contributed by atoms with Gasteiger partial charge in [-0.1, -0.05) is 26.8 Å². The number of anilines is 1. The number of hydrogen-bond donors (Lipinski definition) is 2. The zero-order valence-electron chi connectivity index (χ0n) is 16.7. The molecule has 28 heavy (non-hydrogen) atoms. The molecule has 0 aromatic heterocycles. The van der Waals surface area contributed by atoms with Crippen LogP contribution in [0.2, 0.25) is 0 Å². The van der Waals surface area contributed by atoms with Crippen molar-refractivity contribution in [2.24, 2.45) is 0 Å². The molecule has 2 rings (SSSR count). The predicted octanol–water partition coefficient (Wildman–Crippen LogP) is 4.37. The molecule has 0 bridgehead atoms. The van der Waals surface area contributed by atoms with Gasteiger partial charge < -0.3 is 19.9 Å². The molecule has 0 atom stereocenters. The largest absolute Gasteiger partial charge is 0.506 e.